The van der Waals surface area contributed by atoms with Crippen molar-refractivity contribution in [1.82, 2.24) is 5.16 Å². The second-order valence-electron chi connectivity index (χ2n) is 5.39. The van der Waals surface area contributed by atoms with E-state index < -0.39 is 0 Å². The molecule has 4 heteroatoms. The molecule has 1 aromatic heterocycles. The molecule has 2 aromatic rings. The second kappa shape index (κ2) is 4.96. The van der Waals surface area contributed by atoms with Gasteiger partial charge in [-0.25, -0.2) is 0 Å². The summed E-state index contributed by atoms with van der Waals surface area (Å²) in [5, 5.41) is 14.5. The van der Waals surface area contributed by atoms with Gasteiger partial charge in [-0.05, 0) is 23.0 Å². The highest BCUT2D eigenvalue weighted by Crippen LogP contribution is 2.41. The van der Waals surface area contributed by atoms with E-state index in [1.807, 2.05) is 26.0 Å². The number of hydrogen-bond acceptors (Lipinski definition) is 4. The van der Waals surface area contributed by atoms with Crippen LogP contribution in [0.15, 0.2) is 22.7 Å². The summed E-state index contributed by atoms with van der Waals surface area (Å²) in [5.74, 6) is 1.04. The van der Waals surface area contributed by atoms with Gasteiger partial charge in [-0.3, -0.25) is 0 Å². The van der Waals surface area contributed by atoms with Crippen molar-refractivity contribution in [2.75, 3.05) is 5.73 Å². The number of benzene rings is 1. The molecule has 0 unspecified atom stereocenters. The van der Waals surface area contributed by atoms with Gasteiger partial charge in [0, 0.05) is 11.6 Å². The Bertz CT molecular complexity index is 586. The van der Waals surface area contributed by atoms with Crippen LogP contribution in [0.4, 0.5) is 5.88 Å². The molecule has 102 valence electrons. The lowest BCUT2D eigenvalue weighted by Crippen LogP contribution is -1.98. The molecule has 2 rings (SSSR count). The summed E-state index contributed by atoms with van der Waals surface area (Å²) >= 11 is 0. The van der Waals surface area contributed by atoms with E-state index in [2.05, 4.69) is 19.0 Å². The topological polar surface area (TPSA) is 72.3 Å². The molecule has 0 aliphatic heterocycles. The lowest BCUT2D eigenvalue weighted by atomic mass is 9.89. The van der Waals surface area contributed by atoms with Crippen molar-refractivity contribution in [2.24, 2.45) is 0 Å². The normalized spacial score (nSPS) is 11.5. The maximum atomic E-state index is 10.5. The Balaban J connectivity index is 2.70. The molecule has 1 heterocycles. The summed E-state index contributed by atoms with van der Waals surface area (Å²) in [5.41, 5.74) is 8.83. The zero-order chi connectivity index (χ0) is 14.2. The molecule has 0 atom stereocenters. The van der Waals surface area contributed by atoms with E-state index in [0.29, 0.717) is 5.69 Å². The highest BCUT2D eigenvalue weighted by molar-refractivity contribution is 5.74. The first-order valence-electron chi connectivity index (χ1n) is 6.50. The smallest absolute Gasteiger partial charge is 0.222 e. The number of nitrogens with two attached hydrogens (primary N) is 1. The van der Waals surface area contributed by atoms with Crippen LogP contribution in [0.5, 0.6) is 5.75 Å². The minimum absolute atomic E-state index is 0.240. The standard InChI is InChI=1S/C15H20N2O2/c1-8(2)10-5-6-11(9(3)4)15(18)14(10)12-7-13(16)19-17-12/h5-9,18H,16H2,1-4H3. The van der Waals surface area contributed by atoms with E-state index in [4.69, 9.17) is 10.3 Å². The van der Waals surface area contributed by atoms with Gasteiger partial charge in [-0.2, -0.15) is 0 Å². The molecule has 1 aromatic carbocycles. The zero-order valence-electron chi connectivity index (χ0n) is 11.8. The monoisotopic (exact) mass is 260 g/mol. The van der Waals surface area contributed by atoms with Gasteiger partial charge in [0.15, 0.2) is 0 Å². The number of nitrogens with zero attached hydrogens (tertiary/aromatic N) is 1. The highest BCUT2D eigenvalue weighted by Gasteiger charge is 2.20. The van der Waals surface area contributed by atoms with Gasteiger partial charge in [-0.1, -0.05) is 45.0 Å². The Labute approximate surface area is 113 Å². The Kier molecular flexibility index (Phi) is 3.51. The summed E-state index contributed by atoms with van der Waals surface area (Å²) in [6.45, 7) is 8.25. The lowest BCUT2D eigenvalue weighted by Gasteiger charge is -2.17. The van der Waals surface area contributed by atoms with Crippen LogP contribution in [0, 0.1) is 0 Å². The van der Waals surface area contributed by atoms with E-state index in [-0.39, 0.29) is 23.5 Å². The lowest BCUT2D eigenvalue weighted by molar-refractivity contribution is 0.436. The summed E-state index contributed by atoms with van der Waals surface area (Å²) in [6, 6.07) is 5.66. The van der Waals surface area contributed by atoms with Crippen molar-refractivity contribution < 1.29 is 9.63 Å². The van der Waals surface area contributed by atoms with Gasteiger partial charge < -0.3 is 15.4 Å². The zero-order valence-corrected chi connectivity index (χ0v) is 11.8. The molecule has 0 saturated carbocycles. The number of aromatic nitrogens is 1. The van der Waals surface area contributed by atoms with Gasteiger partial charge in [-0.15, -0.1) is 0 Å². The van der Waals surface area contributed by atoms with Crippen LogP contribution < -0.4 is 5.73 Å². The number of phenols is 1. The third kappa shape index (κ3) is 2.43. The largest absolute Gasteiger partial charge is 0.507 e. The first-order valence-corrected chi connectivity index (χ1v) is 6.50. The number of rotatable bonds is 3. The van der Waals surface area contributed by atoms with E-state index in [1.165, 1.54) is 0 Å². The minimum atomic E-state index is 0.240. The molecule has 0 radical (unpaired) electrons. The maximum Gasteiger partial charge on any atom is 0.222 e. The van der Waals surface area contributed by atoms with Gasteiger partial charge in [0.25, 0.3) is 0 Å². The molecule has 0 amide bonds. The fourth-order valence-electron chi connectivity index (χ4n) is 2.25. The molecule has 0 aliphatic rings. The minimum Gasteiger partial charge on any atom is -0.507 e. The average Bonchev–Trinajstić information content (AvgIpc) is 2.74. The molecule has 3 N–H and O–H groups in total. The van der Waals surface area contributed by atoms with Gasteiger partial charge >= 0.3 is 0 Å². The number of anilines is 1. The van der Waals surface area contributed by atoms with Crippen LogP contribution in [-0.2, 0) is 0 Å². The molecule has 0 aliphatic carbocycles. The van der Waals surface area contributed by atoms with Crippen LogP contribution in [0.2, 0.25) is 0 Å². The van der Waals surface area contributed by atoms with Crippen molar-refractivity contribution >= 4 is 5.88 Å². The molecule has 19 heavy (non-hydrogen) atoms. The Morgan fingerprint density at radius 3 is 2.16 bits per heavy atom. The molecule has 0 fully saturated rings. The van der Waals surface area contributed by atoms with E-state index >= 15 is 0 Å². The van der Waals surface area contributed by atoms with Crippen molar-refractivity contribution in [3.63, 3.8) is 0 Å². The van der Waals surface area contributed by atoms with Crippen LogP contribution in [0.3, 0.4) is 0 Å². The number of nitrogen functional groups attached to an aromatic ring is 1. The maximum absolute atomic E-state index is 10.5. The summed E-state index contributed by atoms with van der Waals surface area (Å²) < 4.78 is 4.93. The van der Waals surface area contributed by atoms with Crippen LogP contribution in [0.1, 0.15) is 50.7 Å². The predicted octanol–water partition coefficient (Wildman–Crippen LogP) is 3.88. The quantitative estimate of drug-likeness (QED) is 0.878. The first-order chi connectivity index (χ1) is 8.91. The fraction of sp³-hybridized carbons (Fsp3) is 0.400. The summed E-state index contributed by atoms with van der Waals surface area (Å²) in [6.07, 6.45) is 0. The van der Waals surface area contributed by atoms with Crippen LogP contribution >= 0.6 is 0 Å². The Morgan fingerprint density at radius 2 is 1.68 bits per heavy atom. The number of phenolic OH excluding ortho intramolecular Hbond substituents is 1. The molecule has 0 bridgehead atoms. The first kappa shape index (κ1) is 13.5. The van der Waals surface area contributed by atoms with Crippen molar-refractivity contribution in [1.29, 1.82) is 0 Å². The highest BCUT2D eigenvalue weighted by atomic mass is 16.5. The molecular weight excluding hydrogens is 240 g/mol. The van der Waals surface area contributed by atoms with E-state index in [0.717, 1.165) is 16.7 Å². The Morgan fingerprint density at radius 1 is 1.11 bits per heavy atom. The predicted molar refractivity (Wildman–Crippen MR) is 76.2 cm³/mol. The van der Waals surface area contributed by atoms with Gasteiger partial charge in [0.05, 0.1) is 0 Å². The Hall–Kier alpha value is -1.97. The van der Waals surface area contributed by atoms with Crippen molar-refractivity contribution in [3.8, 4) is 17.0 Å². The number of hydrogen-bond donors (Lipinski definition) is 2. The SMILES string of the molecule is CC(C)c1ccc(C(C)C)c(-c2cc(N)on2)c1O. The fourth-order valence-corrected chi connectivity index (χ4v) is 2.25. The van der Waals surface area contributed by atoms with Crippen LogP contribution in [0.25, 0.3) is 11.3 Å². The van der Waals surface area contributed by atoms with Crippen molar-refractivity contribution in [3.05, 3.63) is 29.3 Å². The average molecular weight is 260 g/mol. The molecular formula is C15H20N2O2. The van der Waals surface area contributed by atoms with Crippen molar-refractivity contribution in [2.45, 2.75) is 39.5 Å². The third-order valence-corrected chi connectivity index (χ3v) is 3.27. The summed E-state index contributed by atoms with van der Waals surface area (Å²) in [7, 11) is 0. The summed E-state index contributed by atoms with van der Waals surface area (Å²) in [4.78, 5) is 0. The van der Waals surface area contributed by atoms with Gasteiger partial charge in [0.1, 0.15) is 11.4 Å². The molecule has 4 nitrogen and oxygen atoms in total. The number of aromatic hydroxyl groups is 1. The molecule has 0 spiro atoms. The van der Waals surface area contributed by atoms with Gasteiger partial charge in [0.2, 0.25) is 5.88 Å². The third-order valence-electron chi connectivity index (χ3n) is 3.27. The van der Waals surface area contributed by atoms with E-state index in [1.54, 1.807) is 6.07 Å². The second-order valence-corrected chi connectivity index (χ2v) is 5.39. The van der Waals surface area contributed by atoms with Crippen LogP contribution in [-0.4, -0.2) is 10.3 Å². The van der Waals surface area contributed by atoms with E-state index in [9.17, 15) is 5.11 Å². The molecule has 0 saturated heterocycles.